The van der Waals surface area contributed by atoms with Gasteiger partial charge in [-0.2, -0.15) is 0 Å². The summed E-state index contributed by atoms with van der Waals surface area (Å²) in [5, 5.41) is 10.4. The largest absolute Gasteiger partial charge is 0.491 e. The SMILES string of the molecule is CC[C@@H](C)c1ccccc1OC[C@@H](O)CN1[C@H](C)CCC[C@@H]1C. The molecule has 130 valence electrons. The molecule has 4 atom stereocenters. The summed E-state index contributed by atoms with van der Waals surface area (Å²) in [6.07, 6.45) is 4.41. The Morgan fingerprint density at radius 3 is 2.52 bits per heavy atom. The van der Waals surface area contributed by atoms with Gasteiger partial charge in [-0.05, 0) is 50.7 Å². The Kier molecular flexibility index (Phi) is 6.91. The molecule has 0 aromatic heterocycles. The van der Waals surface area contributed by atoms with Crippen molar-refractivity contribution < 1.29 is 9.84 Å². The minimum atomic E-state index is -0.442. The summed E-state index contributed by atoms with van der Waals surface area (Å²) in [5.41, 5.74) is 1.24. The molecule has 23 heavy (non-hydrogen) atoms. The van der Waals surface area contributed by atoms with Crippen LogP contribution >= 0.6 is 0 Å². The highest BCUT2D eigenvalue weighted by atomic mass is 16.5. The third-order valence-corrected chi connectivity index (χ3v) is 5.29. The number of hydrogen-bond acceptors (Lipinski definition) is 3. The first kappa shape index (κ1) is 18.3. The second-order valence-corrected chi connectivity index (χ2v) is 7.14. The molecule has 1 fully saturated rings. The molecule has 1 aliphatic heterocycles. The fourth-order valence-electron chi connectivity index (χ4n) is 3.56. The molecule has 1 aliphatic rings. The number of hydrogen-bond donors (Lipinski definition) is 1. The van der Waals surface area contributed by atoms with Gasteiger partial charge in [0.2, 0.25) is 0 Å². The standard InChI is InChI=1S/C20H33NO2/c1-5-15(2)19-11-6-7-12-20(19)23-14-18(22)13-21-16(3)9-8-10-17(21)4/h6-7,11-12,15-18,22H,5,8-10,13-14H2,1-4H3/t15-,16-,17+,18+/m1/s1. The average Bonchev–Trinajstić information content (AvgIpc) is 2.56. The van der Waals surface area contributed by atoms with Crippen molar-refractivity contribution in [3.63, 3.8) is 0 Å². The predicted octanol–water partition coefficient (Wildman–Crippen LogP) is 4.20. The summed E-state index contributed by atoms with van der Waals surface area (Å²) in [7, 11) is 0. The molecule has 1 aromatic carbocycles. The normalized spacial score (nSPS) is 25.1. The average molecular weight is 319 g/mol. The lowest BCUT2D eigenvalue weighted by atomic mass is 9.97. The van der Waals surface area contributed by atoms with Crippen LogP contribution in [0.15, 0.2) is 24.3 Å². The van der Waals surface area contributed by atoms with Gasteiger partial charge in [-0.15, -0.1) is 0 Å². The van der Waals surface area contributed by atoms with E-state index in [1.165, 1.54) is 24.8 Å². The van der Waals surface area contributed by atoms with Crippen LogP contribution in [-0.2, 0) is 0 Å². The molecule has 3 heteroatoms. The third-order valence-electron chi connectivity index (χ3n) is 5.29. The number of para-hydroxylation sites is 1. The molecule has 0 unspecified atom stereocenters. The Labute approximate surface area is 141 Å². The lowest BCUT2D eigenvalue weighted by molar-refractivity contribution is 0.0207. The van der Waals surface area contributed by atoms with Gasteiger partial charge in [-0.25, -0.2) is 0 Å². The number of piperidine rings is 1. The van der Waals surface area contributed by atoms with Crippen molar-refractivity contribution in [1.29, 1.82) is 0 Å². The second-order valence-electron chi connectivity index (χ2n) is 7.14. The molecule has 0 amide bonds. The summed E-state index contributed by atoms with van der Waals surface area (Å²) >= 11 is 0. The van der Waals surface area contributed by atoms with Crippen LogP contribution in [0.5, 0.6) is 5.75 Å². The molecule has 1 aromatic rings. The van der Waals surface area contributed by atoms with Crippen LogP contribution in [0.4, 0.5) is 0 Å². The van der Waals surface area contributed by atoms with Gasteiger partial charge in [0.1, 0.15) is 18.5 Å². The van der Waals surface area contributed by atoms with Crippen molar-refractivity contribution >= 4 is 0 Å². The van der Waals surface area contributed by atoms with Crippen molar-refractivity contribution in [3.8, 4) is 5.75 Å². The minimum absolute atomic E-state index is 0.364. The second kappa shape index (κ2) is 8.70. The van der Waals surface area contributed by atoms with E-state index >= 15 is 0 Å². The number of aliphatic hydroxyl groups excluding tert-OH is 1. The first-order valence-electron chi connectivity index (χ1n) is 9.18. The molecule has 3 nitrogen and oxygen atoms in total. The molecule has 1 saturated heterocycles. The lowest BCUT2D eigenvalue weighted by Gasteiger charge is -2.40. The molecule has 1 heterocycles. The maximum Gasteiger partial charge on any atom is 0.122 e. The van der Waals surface area contributed by atoms with Crippen molar-refractivity contribution in [2.75, 3.05) is 13.2 Å². The monoisotopic (exact) mass is 319 g/mol. The molecule has 2 rings (SSSR count). The van der Waals surface area contributed by atoms with E-state index in [9.17, 15) is 5.11 Å². The van der Waals surface area contributed by atoms with Gasteiger partial charge < -0.3 is 9.84 Å². The van der Waals surface area contributed by atoms with Crippen LogP contribution in [0.2, 0.25) is 0 Å². The summed E-state index contributed by atoms with van der Waals surface area (Å²) in [6.45, 7) is 10.0. The third kappa shape index (κ3) is 4.95. The van der Waals surface area contributed by atoms with Crippen LogP contribution in [-0.4, -0.2) is 41.3 Å². The van der Waals surface area contributed by atoms with E-state index in [0.29, 0.717) is 31.2 Å². The summed E-state index contributed by atoms with van der Waals surface area (Å²) < 4.78 is 5.96. The van der Waals surface area contributed by atoms with Crippen LogP contribution in [0, 0.1) is 0 Å². The molecule has 0 radical (unpaired) electrons. The van der Waals surface area contributed by atoms with E-state index in [4.69, 9.17) is 4.74 Å². The summed E-state index contributed by atoms with van der Waals surface area (Å²) in [5.74, 6) is 1.39. The zero-order chi connectivity index (χ0) is 16.8. The van der Waals surface area contributed by atoms with E-state index < -0.39 is 6.10 Å². The number of likely N-dealkylation sites (tertiary alicyclic amines) is 1. The first-order chi connectivity index (χ1) is 11.0. The quantitative estimate of drug-likeness (QED) is 0.817. The maximum atomic E-state index is 10.4. The number of nitrogens with zero attached hydrogens (tertiary/aromatic N) is 1. The number of ether oxygens (including phenoxy) is 1. The van der Waals surface area contributed by atoms with Crippen molar-refractivity contribution in [1.82, 2.24) is 4.90 Å². The van der Waals surface area contributed by atoms with Gasteiger partial charge in [0, 0.05) is 18.6 Å². The van der Waals surface area contributed by atoms with Crippen LogP contribution in [0.1, 0.15) is 64.9 Å². The van der Waals surface area contributed by atoms with Crippen LogP contribution < -0.4 is 4.74 Å². The highest BCUT2D eigenvalue weighted by Gasteiger charge is 2.26. The van der Waals surface area contributed by atoms with Crippen LogP contribution in [0.3, 0.4) is 0 Å². The van der Waals surface area contributed by atoms with Gasteiger partial charge in [-0.3, -0.25) is 4.90 Å². The van der Waals surface area contributed by atoms with Gasteiger partial charge in [0.15, 0.2) is 0 Å². The first-order valence-corrected chi connectivity index (χ1v) is 9.18. The van der Waals surface area contributed by atoms with E-state index in [2.05, 4.69) is 44.7 Å². The Balaban J connectivity index is 1.90. The number of aliphatic hydroxyl groups is 1. The zero-order valence-electron chi connectivity index (χ0n) is 15.2. The maximum absolute atomic E-state index is 10.4. The number of rotatable bonds is 7. The molecular formula is C20H33NO2. The zero-order valence-corrected chi connectivity index (χ0v) is 15.2. The summed E-state index contributed by atoms with van der Waals surface area (Å²) in [6, 6.07) is 9.32. The van der Waals surface area contributed by atoms with Crippen molar-refractivity contribution in [3.05, 3.63) is 29.8 Å². The van der Waals surface area contributed by atoms with E-state index in [0.717, 1.165) is 12.2 Å². The topological polar surface area (TPSA) is 32.7 Å². The van der Waals surface area contributed by atoms with Crippen molar-refractivity contribution in [2.24, 2.45) is 0 Å². The Morgan fingerprint density at radius 1 is 1.22 bits per heavy atom. The lowest BCUT2D eigenvalue weighted by Crippen LogP contribution is -2.48. The highest BCUT2D eigenvalue weighted by Crippen LogP contribution is 2.28. The number of benzene rings is 1. The highest BCUT2D eigenvalue weighted by molar-refractivity contribution is 5.35. The Morgan fingerprint density at radius 2 is 1.87 bits per heavy atom. The minimum Gasteiger partial charge on any atom is -0.491 e. The smallest absolute Gasteiger partial charge is 0.122 e. The van der Waals surface area contributed by atoms with Gasteiger partial charge in [0.05, 0.1) is 0 Å². The molecule has 0 aliphatic carbocycles. The molecule has 0 spiro atoms. The Hall–Kier alpha value is -1.06. The van der Waals surface area contributed by atoms with Gasteiger partial charge >= 0.3 is 0 Å². The predicted molar refractivity (Wildman–Crippen MR) is 96.1 cm³/mol. The van der Waals surface area contributed by atoms with E-state index in [1.54, 1.807) is 0 Å². The fraction of sp³-hybridized carbons (Fsp3) is 0.700. The molecule has 0 saturated carbocycles. The summed E-state index contributed by atoms with van der Waals surface area (Å²) in [4.78, 5) is 2.43. The van der Waals surface area contributed by atoms with Gasteiger partial charge in [-0.1, -0.05) is 38.5 Å². The van der Waals surface area contributed by atoms with Crippen LogP contribution in [0.25, 0.3) is 0 Å². The van der Waals surface area contributed by atoms with E-state index in [1.807, 2.05) is 12.1 Å². The molecular weight excluding hydrogens is 286 g/mol. The van der Waals surface area contributed by atoms with Crippen molar-refractivity contribution in [2.45, 2.75) is 77.5 Å². The van der Waals surface area contributed by atoms with Gasteiger partial charge in [0.25, 0.3) is 0 Å². The Bertz CT molecular complexity index is 466. The fourth-order valence-corrected chi connectivity index (χ4v) is 3.56. The van der Waals surface area contributed by atoms with E-state index in [-0.39, 0.29) is 0 Å². The molecule has 0 bridgehead atoms. The molecule has 1 N–H and O–H groups in total. The number of β-amino-alcohol motifs (C(OH)–C–C–N with tert-alkyl or cyclic N) is 1.